The fourth-order valence-electron chi connectivity index (χ4n) is 1.60. The smallest absolute Gasteiger partial charge is 0.250 e. The molecule has 70 valence electrons. The number of likely N-dealkylation sites (tertiary alicyclic amines) is 1. The van der Waals surface area contributed by atoms with Gasteiger partial charge in [0.1, 0.15) is 0 Å². The number of halogens is 1. The van der Waals surface area contributed by atoms with E-state index in [-0.39, 0.29) is 5.56 Å². The minimum Gasteiger partial charge on any atom is -0.309 e. The molecule has 3 nitrogen and oxygen atoms in total. The van der Waals surface area contributed by atoms with Crippen LogP contribution in [0.3, 0.4) is 0 Å². The van der Waals surface area contributed by atoms with Crippen LogP contribution < -0.4 is 5.56 Å². The maximum atomic E-state index is 11.5. The van der Waals surface area contributed by atoms with Crippen molar-refractivity contribution in [2.45, 2.75) is 6.04 Å². The first-order valence-corrected chi connectivity index (χ1v) is 5.31. The van der Waals surface area contributed by atoms with Crippen molar-refractivity contribution in [2.24, 2.45) is 0 Å². The highest BCUT2D eigenvalue weighted by atomic mass is 127. The quantitative estimate of drug-likeness (QED) is 0.719. The molecule has 1 aliphatic rings. The fraction of sp³-hybridized carbons (Fsp3) is 0.444. The van der Waals surface area contributed by atoms with Crippen molar-refractivity contribution in [1.29, 1.82) is 0 Å². The highest BCUT2D eigenvalue weighted by molar-refractivity contribution is 14.1. The lowest BCUT2D eigenvalue weighted by atomic mass is 10.1. The van der Waals surface area contributed by atoms with Gasteiger partial charge in [-0.25, -0.2) is 0 Å². The summed E-state index contributed by atoms with van der Waals surface area (Å²) in [6, 6.07) is 3.87. The van der Waals surface area contributed by atoms with Crippen molar-refractivity contribution in [2.75, 3.05) is 20.1 Å². The zero-order valence-electron chi connectivity index (χ0n) is 7.40. The van der Waals surface area contributed by atoms with Gasteiger partial charge in [0.15, 0.2) is 0 Å². The van der Waals surface area contributed by atoms with Crippen LogP contribution in [0.25, 0.3) is 0 Å². The van der Waals surface area contributed by atoms with Crippen LogP contribution in [-0.4, -0.2) is 29.6 Å². The molecule has 0 aliphatic carbocycles. The molecule has 1 saturated heterocycles. The lowest BCUT2D eigenvalue weighted by Gasteiger charge is -2.37. The van der Waals surface area contributed by atoms with Crippen molar-refractivity contribution in [3.8, 4) is 0 Å². The van der Waals surface area contributed by atoms with Crippen LogP contribution in [0.1, 0.15) is 6.04 Å². The van der Waals surface area contributed by atoms with Crippen molar-refractivity contribution in [1.82, 2.24) is 9.47 Å². The number of nitrogens with zero attached hydrogens (tertiary/aromatic N) is 2. The summed E-state index contributed by atoms with van der Waals surface area (Å²) in [5, 5.41) is 0. The summed E-state index contributed by atoms with van der Waals surface area (Å²) >= 11 is 2.23. The Bertz CT molecular complexity index is 368. The molecule has 0 unspecified atom stereocenters. The second kappa shape index (κ2) is 3.42. The van der Waals surface area contributed by atoms with Gasteiger partial charge in [-0.1, -0.05) is 0 Å². The van der Waals surface area contributed by atoms with Gasteiger partial charge in [0, 0.05) is 28.9 Å². The minimum absolute atomic E-state index is 0.110. The van der Waals surface area contributed by atoms with E-state index in [9.17, 15) is 4.79 Å². The number of rotatable bonds is 1. The van der Waals surface area contributed by atoms with Gasteiger partial charge in [0.25, 0.3) is 5.56 Å². The first-order chi connectivity index (χ1) is 6.16. The number of aromatic nitrogens is 1. The summed E-state index contributed by atoms with van der Waals surface area (Å²) in [7, 11) is 2.06. The zero-order valence-corrected chi connectivity index (χ0v) is 9.56. The van der Waals surface area contributed by atoms with E-state index in [1.807, 2.05) is 16.8 Å². The fourth-order valence-corrected chi connectivity index (χ4v) is 2.08. The molecular weight excluding hydrogens is 279 g/mol. The predicted octanol–water partition coefficient (Wildman–Crippen LogP) is 0.939. The van der Waals surface area contributed by atoms with E-state index in [0.717, 1.165) is 16.7 Å². The molecule has 0 atom stereocenters. The van der Waals surface area contributed by atoms with E-state index in [4.69, 9.17) is 0 Å². The van der Waals surface area contributed by atoms with Gasteiger partial charge in [-0.2, -0.15) is 0 Å². The van der Waals surface area contributed by atoms with E-state index in [1.165, 1.54) is 0 Å². The highest BCUT2D eigenvalue weighted by Crippen LogP contribution is 2.17. The first kappa shape index (κ1) is 9.21. The SMILES string of the molecule is CN1CC(n2cc(I)ccc2=O)C1. The van der Waals surface area contributed by atoms with Gasteiger partial charge in [-0.05, 0) is 35.7 Å². The zero-order chi connectivity index (χ0) is 9.42. The predicted molar refractivity (Wildman–Crippen MR) is 60.0 cm³/mol. The molecule has 1 aromatic heterocycles. The van der Waals surface area contributed by atoms with E-state index in [1.54, 1.807) is 6.07 Å². The van der Waals surface area contributed by atoms with Gasteiger partial charge in [-0.3, -0.25) is 4.79 Å². The maximum absolute atomic E-state index is 11.5. The summed E-state index contributed by atoms with van der Waals surface area (Å²) < 4.78 is 2.95. The second-order valence-electron chi connectivity index (χ2n) is 3.47. The summed E-state index contributed by atoms with van der Waals surface area (Å²) in [6.07, 6.45) is 1.93. The van der Waals surface area contributed by atoms with E-state index >= 15 is 0 Å². The van der Waals surface area contributed by atoms with E-state index in [0.29, 0.717) is 6.04 Å². The van der Waals surface area contributed by atoms with Gasteiger partial charge in [-0.15, -0.1) is 0 Å². The lowest BCUT2D eigenvalue weighted by molar-refractivity contribution is 0.137. The Morgan fingerprint density at radius 2 is 2.15 bits per heavy atom. The van der Waals surface area contributed by atoms with Gasteiger partial charge in [0.05, 0.1) is 6.04 Å². The van der Waals surface area contributed by atoms with Crippen molar-refractivity contribution in [3.63, 3.8) is 0 Å². The van der Waals surface area contributed by atoms with E-state index in [2.05, 4.69) is 34.5 Å². The van der Waals surface area contributed by atoms with Gasteiger partial charge >= 0.3 is 0 Å². The molecule has 0 N–H and O–H groups in total. The van der Waals surface area contributed by atoms with Gasteiger partial charge < -0.3 is 9.47 Å². The first-order valence-electron chi connectivity index (χ1n) is 4.23. The number of hydrogen-bond acceptors (Lipinski definition) is 2. The van der Waals surface area contributed by atoms with Crippen LogP contribution in [-0.2, 0) is 0 Å². The third-order valence-corrected chi connectivity index (χ3v) is 2.98. The van der Waals surface area contributed by atoms with E-state index < -0.39 is 0 Å². The largest absolute Gasteiger partial charge is 0.309 e. The van der Waals surface area contributed by atoms with Crippen molar-refractivity contribution < 1.29 is 0 Å². The standard InChI is InChI=1S/C9H11IN2O/c1-11-5-8(6-11)12-4-7(10)2-3-9(12)13/h2-4,8H,5-6H2,1H3. The van der Waals surface area contributed by atoms with Crippen LogP contribution >= 0.6 is 22.6 Å². The van der Waals surface area contributed by atoms with Crippen LogP contribution in [0.2, 0.25) is 0 Å². The summed E-state index contributed by atoms with van der Waals surface area (Å²) in [5.74, 6) is 0. The molecule has 0 saturated carbocycles. The number of likely N-dealkylation sites (N-methyl/N-ethyl adjacent to an activating group) is 1. The minimum atomic E-state index is 0.110. The van der Waals surface area contributed by atoms with Crippen molar-refractivity contribution in [3.05, 3.63) is 32.3 Å². The Kier molecular flexibility index (Phi) is 2.42. The monoisotopic (exact) mass is 290 g/mol. The third-order valence-electron chi connectivity index (χ3n) is 2.34. The molecule has 0 aromatic carbocycles. The topological polar surface area (TPSA) is 25.2 Å². The Labute approximate surface area is 90.5 Å². The normalized spacial score (nSPS) is 18.6. The molecule has 1 aromatic rings. The molecule has 4 heteroatoms. The molecule has 1 aliphatic heterocycles. The van der Waals surface area contributed by atoms with Crippen molar-refractivity contribution >= 4 is 22.6 Å². The molecule has 0 radical (unpaired) electrons. The van der Waals surface area contributed by atoms with Crippen LogP contribution in [0.5, 0.6) is 0 Å². The Morgan fingerprint density at radius 1 is 1.46 bits per heavy atom. The molecule has 2 heterocycles. The second-order valence-corrected chi connectivity index (χ2v) is 4.71. The average Bonchev–Trinajstić information content (AvgIpc) is 2.04. The molecule has 0 amide bonds. The summed E-state index contributed by atoms with van der Waals surface area (Å²) in [5.41, 5.74) is 0.110. The highest BCUT2D eigenvalue weighted by Gasteiger charge is 2.25. The molecule has 0 bridgehead atoms. The molecule has 0 spiro atoms. The number of hydrogen-bond donors (Lipinski definition) is 0. The molecular formula is C9H11IN2O. The third kappa shape index (κ3) is 1.78. The Balaban J connectivity index is 2.29. The number of pyridine rings is 1. The molecule has 13 heavy (non-hydrogen) atoms. The summed E-state index contributed by atoms with van der Waals surface area (Å²) in [4.78, 5) is 13.7. The Morgan fingerprint density at radius 3 is 2.77 bits per heavy atom. The van der Waals surface area contributed by atoms with Crippen LogP contribution in [0.4, 0.5) is 0 Å². The summed E-state index contributed by atoms with van der Waals surface area (Å²) in [6.45, 7) is 1.97. The van der Waals surface area contributed by atoms with Crippen LogP contribution in [0.15, 0.2) is 23.1 Å². The lowest BCUT2D eigenvalue weighted by Crippen LogP contribution is -2.47. The van der Waals surface area contributed by atoms with Gasteiger partial charge in [0.2, 0.25) is 0 Å². The maximum Gasteiger partial charge on any atom is 0.250 e. The average molecular weight is 290 g/mol. The molecule has 1 fully saturated rings. The van der Waals surface area contributed by atoms with Crippen LogP contribution in [0, 0.1) is 3.57 Å². The molecule has 2 rings (SSSR count). The Hall–Kier alpha value is -0.360.